The van der Waals surface area contributed by atoms with Crippen LogP contribution in [0.2, 0.25) is 0 Å². The number of pyridine rings is 1. The molecular weight excluding hydrogens is 338 g/mol. The quantitative estimate of drug-likeness (QED) is 0.774. The maximum Gasteiger partial charge on any atom is 0.258 e. The number of rotatable bonds is 3. The highest BCUT2D eigenvalue weighted by Crippen LogP contribution is 2.54. The van der Waals surface area contributed by atoms with Gasteiger partial charge in [0.15, 0.2) is 5.65 Å². The van der Waals surface area contributed by atoms with Gasteiger partial charge in [0, 0.05) is 31.2 Å². The number of hydrogen-bond acceptors (Lipinski definition) is 4. The van der Waals surface area contributed by atoms with E-state index in [0.717, 1.165) is 29.8 Å². The standard InChI is InChI=1S/C21H23N5O/c1-25-19-15(14-22-25)6-7-18(23-19)24-20(27)16-4-2-3-5-17(16)26-12-10-21(8-9-21)11-13-26/h2-7,14H,8-13H2,1H3,(H,23,24,27). The molecule has 1 N–H and O–H groups in total. The molecule has 6 heteroatoms. The van der Waals surface area contributed by atoms with E-state index in [-0.39, 0.29) is 5.91 Å². The van der Waals surface area contributed by atoms with Crippen molar-refractivity contribution >= 4 is 28.4 Å². The zero-order valence-electron chi connectivity index (χ0n) is 15.5. The molecule has 1 aromatic carbocycles. The minimum absolute atomic E-state index is 0.119. The number of carbonyl (C=O) groups excluding carboxylic acids is 1. The smallest absolute Gasteiger partial charge is 0.258 e. The van der Waals surface area contributed by atoms with Crippen molar-refractivity contribution in [3.8, 4) is 0 Å². The summed E-state index contributed by atoms with van der Waals surface area (Å²) < 4.78 is 1.71. The second kappa shape index (κ2) is 6.08. The number of piperidine rings is 1. The maximum atomic E-state index is 13.0. The third kappa shape index (κ3) is 2.95. The molecule has 1 saturated carbocycles. The van der Waals surface area contributed by atoms with E-state index in [1.807, 2.05) is 37.4 Å². The van der Waals surface area contributed by atoms with E-state index in [1.165, 1.54) is 25.7 Å². The fourth-order valence-electron chi connectivity index (χ4n) is 4.12. The first kappa shape index (κ1) is 16.3. The molecular formula is C21H23N5O. The second-order valence-corrected chi connectivity index (χ2v) is 7.84. The maximum absolute atomic E-state index is 13.0. The summed E-state index contributed by atoms with van der Waals surface area (Å²) in [5.74, 6) is 0.424. The third-order valence-electron chi connectivity index (χ3n) is 6.09. The molecule has 5 rings (SSSR count). The van der Waals surface area contributed by atoms with Gasteiger partial charge in [-0.25, -0.2) is 4.98 Å². The van der Waals surface area contributed by atoms with Gasteiger partial charge in [-0.05, 0) is 55.4 Å². The van der Waals surface area contributed by atoms with Crippen molar-refractivity contribution in [1.82, 2.24) is 14.8 Å². The minimum atomic E-state index is -0.119. The second-order valence-electron chi connectivity index (χ2n) is 7.84. The first-order valence-corrected chi connectivity index (χ1v) is 9.58. The van der Waals surface area contributed by atoms with Crippen molar-refractivity contribution in [3.63, 3.8) is 0 Å². The van der Waals surface area contributed by atoms with Crippen LogP contribution in [0.3, 0.4) is 0 Å². The van der Waals surface area contributed by atoms with E-state index in [1.54, 1.807) is 10.9 Å². The molecule has 2 aliphatic rings. The summed E-state index contributed by atoms with van der Waals surface area (Å²) in [5.41, 5.74) is 3.10. The number of fused-ring (bicyclic) bond motifs is 1. The van der Waals surface area contributed by atoms with Crippen molar-refractivity contribution in [2.24, 2.45) is 12.5 Å². The highest BCUT2D eigenvalue weighted by Gasteiger charge is 2.44. The van der Waals surface area contributed by atoms with Crippen LogP contribution in [0.25, 0.3) is 11.0 Å². The van der Waals surface area contributed by atoms with Crippen molar-refractivity contribution in [1.29, 1.82) is 0 Å². The van der Waals surface area contributed by atoms with Crippen LogP contribution >= 0.6 is 0 Å². The van der Waals surface area contributed by atoms with Gasteiger partial charge in [-0.1, -0.05) is 12.1 Å². The lowest BCUT2D eigenvalue weighted by Gasteiger charge is -2.34. The van der Waals surface area contributed by atoms with Gasteiger partial charge in [0.25, 0.3) is 5.91 Å². The number of nitrogens with one attached hydrogen (secondary N) is 1. The topological polar surface area (TPSA) is 63.1 Å². The minimum Gasteiger partial charge on any atom is -0.371 e. The summed E-state index contributed by atoms with van der Waals surface area (Å²) in [7, 11) is 1.85. The number of benzene rings is 1. The Morgan fingerprint density at radius 2 is 1.85 bits per heavy atom. The Bertz CT molecular complexity index is 1010. The lowest BCUT2D eigenvalue weighted by molar-refractivity contribution is 0.102. The molecule has 27 heavy (non-hydrogen) atoms. The lowest BCUT2D eigenvalue weighted by atomic mass is 9.93. The highest BCUT2D eigenvalue weighted by molar-refractivity contribution is 6.08. The van der Waals surface area contributed by atoms with E-state index < -0.39 is 0 Å². The Morgan fingerprint density at radius 3 is 2.63 bits per heavy atom. The molecule has 2 fully saturated rings. The molecule has 1 amide bonds. The number of hydrogen-bond donors (Lipinski definition) is 1. The normalized spacial score (nSPS) is 18.0. The van der Waals surface area contributed by atoms with Gasteiger partial charge in [-0.15, -0.1) is 0 Å². The average molecular weight is 361 g/mol. The molecule has 1 aliphatic heterocycles. The summed E-state index contributed by atoms with van der Waals surface area (Å²) in [5, 5.41) is 8.12. The SMILES string of the molecule is Cn1ncc2ccc(NC(=O)c3ccccc3N3CCC4(CC3)CC4)nc21. The van der Waals surface area contributed by atoms with E-state index in [0.29, 0.717) is 16.8 Å². The summed E-state index contributed by atoms with van der Waals surface area (Å²) in [4.78, 5) is 19.9. The Morgan fingerprint density at radius 1 is 1.07 bits per heavy atom. The Kier molecular flexibility index (Phi) is 3.67. The number of anilines is 2. The van der Waals surface area contributed by atoms with E-state index >= 15 is 0 Å². The first-order chi connectivity index (χ1) is 13.1. The molecule has 1 spiro atoms. The van der Waals surface area contributed by atoms with Gasteiger partial charge in [0.05, 0.1) is 11.8 Å². The zero-order chi connectivity index (χ0) is 18.4. The largest absolute Gasteiger partial charge is 0.371 e. The van der Waals surface area contributed by atoms with Crippen LogP contribution in [0.15, 0.2) is 42.6 Å². The zero-order valence-corrected chi connectivity index (χ0v) is 15.5. The van der Waals surface area contributed by atoms with Crippen molar-refractivity contribution in [3.05, 3.63) is 48.2 Å². The third-order valence-corrected chi connectivity index (χ3v) is 6.09. The van der Waals surface area contributed by atoms with Crippen molar-refractivity contribution in [2.75, 3.05) is 23.3 Å². The van der Waals surface area contributed by atoms with Gasteiger partial charge < -0.3 is 10.2 Å². The van der Waals surface area contributed by atoms with E-state index in [4.69, 9.17) is 0 Å². The fourth-order valence-corrected chi connectivity index (χ4v) is 4.12. The number of amides is 1. The van der Waals surface area contributed by atoms with Gasteiger partial charge in [0.2, 0.25) is 0 Å². The van der Waals surface area contributed by atoms with E-state index in [2.05, 4.69) is 26.4 Å². The van der Waals surface area contributed by atoms with Crippen LogP contribution in [-0.2, 0) is 7.05 Å². The van der Waals surface area contributed by atoms with Crippen molar-refractivity contribution < 1.29 is 4.79 Å². The molecule has 6 nitrogen and oxygen atoms in total. The van der Waals surface area contributed by atoms with Gasteiger partial charge in [-0.2, -0.15) is 5.10 Å². The number of carbonyl (C=O) groups is 1. The summed E-state index contributed by atoms with van der Waals surface area (Å²) in [6.07, 6.45) is 7.01. The van der Waals surface area contributed by atoms with Crippen LogP contribution in [0.4, 0.5) is 11.5 Å². The number of aromatic nitrogens is 3. The fraction of sp³-hybridized carbons (Fsp3) is 0.381. The predicted molar refractivity (Wildman–Crippen MR) is 106 cm³/mol. The molecule has 0 unspecified atom stereocenters. The Balaban J connectivity index is 1.38. The monoisotopic (exact) mass is 361 g/mol. The molecule has 0 bridgehead atoms. The van der Waals surface area contributed by atoms with Crippen LogP contribution < -0.4 is 10.2 Å². The predicted octanol–water partition coefficient (Wildman–Crippen LogP) is 3.60. The molecule has 0 atom stereocenters. The van der Waals surface area contributed by atoms with Crippen molar-refractivity contribution in [2.45, 2.75) is 25.7 Å². The first-order valence-electron chi connectivity index (χ1n) is 9.58. The summed E-state index contributed by atoms with van der Waals surface area (Å²) in [6.45, 7) is 2.06. The number of nitrogens with zero attached hydrogens (tertiary/aromatic N) is 4. The molecule has 2 aromatic heterocycles. The summed E-state index contributed by atoms with van der Waals surface area (Å²) >= 11 is 0. The number of para-hydroxylation sites is 1. The molecule has 1 aliphatic carbocycles. The lowest BCUT2D eigenvalue weighted by Crippen LogP contribution is -2.35. The summed E-state index contributed by atoms with van der Waals surface area (Å²) in [6, 6.07) is 11.6. The Labute approximate surface area is 158 Å². The van der Waals surface area contributed by atoms with Gasteiger partial charge in [0.1, 0.15) is 5.82 Å². The average Bonchev–Trinajstić information content (AvgIpc) is 3.35. The Hall–Kier alpha value is -2.89. The van der Waals surface area contributed by atoms with Crippen LogP contribution in [0.5, 0.6) is 0 Å². The molecule has 3 heterocycles. The number of aryl methyl sites for hydroxylation is 1. The van der Waals surface area contributed by atoms with Crippen LogP contribution in [0, 0.1) is 5.41 Å². The van der Waals surface area contributed by atoms with Crippen LogP contribution in [0.1, 0.15) is 36.0 Å². The molecule has 3 aromatic rings. The van der Waals surface area contributed by atoms with Gasteiger partial charge in [-0.3, -0.25) is 9.48 Å². The molecule has 0 radical (unpaired) electrons. The van der Waals surface area contributed by atoms with E-state index in [9.17, 15) is 4.79 Å². The molecule has 1 saturated heterocycles. The highest BCUT2D eigenvalue weighted by atomic mass is 16.1. The molecule has 138 valence electrons. The van der Waals surface area contributed by atoms with Gasteiger partial charge >= 0.3 is 0 Å². The van der Waals surface area contributed by atoms with Crippen LogP contribution in [-0.4, -0.2) is 33.8 Å².